The van der Waals surface area contributed by atoms with E-state index in [1.54, 1.807) is 4.57 Å². The second kappa shape index (κ2) is 10.0. The van der Waals surface area contributed by atoms with E-state index in [4.69, 9.17) is 5.73 Å². The molecule has 1 aromatic heterocycles. The van der Waals surface area contributed by atoms with Crippen LogP contribution in [0.5, 0.6) is 0 Å². The largest absolute Gasteiger partial charge is 0.369 e. The van der Waals surface area contributed by atoms with Crippen LogP contribution >= 0.6 is 0 Å². The number of nitrogens with two attached hydrogens (primary N) is 1. The Hall–Kier alpha value is -3.39. The van der Waals surface area contributed by atoms with Crippen molar-refractivity contribution in [3.05, 3.63) is 64.6 Å². The predicted octanol–water partition coefficient (Wildman–Crippen LogP) is 2.20. The first kappa shape index (κ1) is 22.8. The molecule has 174 valence electrons. The molecule has 0 spiro atoms. The predicted molar refractivity (Wildman–Crippen MR) is 129 cm³/mol. The summed E-state index contributed by atoms with van der Waals surface area (Å²) in [5.41, 5.74) is 8.71. The topological polar surface area (TPSA) is 102 Å². The van der Waals surface area contributed by atoms with Crippen molar-refractivity contribution in [1.82, 2.24) is 14.0 Å². The Bertz CT molecular complexity index is 1190. The maximum atomic E-state index is 12.7. The van der Waals surface area contributed by atoms with Gasteiger partial charge in [0.15, 0.2) is 0 Å². The van der Waals surface area contributed by atoms with E-state index < -0.39 is 0 Å². The van der Waals surface area contributed by atoms with Crippen molar-refractivity contribution in [2.45, 2.75) is 39.3 Å². The fourth-order valence-electron chi connectivity index (χ4n) is 4.56. The van der Waals surface area contributed by atoms with Gasteiger partial charge in [-0.05, 0) is 69.1 Å². The number of carbonyl (C=O) groups excluding carboxylic acids is 2. The van der Waals surface area contributed by atoms with E-state index in [0.29, 0.717) is 12.2 Å². The summed E-state index contributed by atoms with van der Waals surface area (Å²) in [6, 6.07) is 15.3. The summed E-state index contributed by atoms with van der Waals surface area (Å²) in [6.07, 6.45) is 2.57. The summed E-state index contributed by atoms with van der Waals surface area (Å²) in [7, 11) is 0. The molecule has 0 atom stereocenters. The fourth-order valence-corrected chi connectivity index (χ4v) is 4.56. The van der Waals surface area contributed by atoms with Gasteiger partial charge in [0.05, 0.1) is 11.0 Å². The first-order valence-electron chi connectivity index (χ1n) is 11.5. The number of hydrogen-bond donors (Lipinski definition) is 2. The zero-order valence-corrected chi connectivity index (χ0v) is 19.0. The highest BCUT2D eigenvalue weighted by Crippen LogP contribution is 2.18. The third-order valence-corrected chi connectivity index (χ3v) is 6.49. The molecule has 2 aromatic carbocycles. The number of primary amides is 1. The molecule has 8 heteroatoms. The van der Waals surface area contributed by atoms with E-state index >= 15 is 0 Å². The van der Waals surface area contributed by atoms with E-state index in [1.165, 1.54) is 10.1 Å². The number of nitrogens with zero attached hydrogens (tertiary/aromatic N) is 3. The number of benzene rings is 2. The maximum Gasteiger partial charge on any atom is 0.329 e. The number of likely N-dealkylation sites (tertiary alicyclic amines) is 1. The molecule has 0 bridgehead atoms. The monoisotopic (exact) mass is 449 g/mol. The lowest BCUT2D eigenvalue weighted by molar-refractivity contribution is -0.123. The Morgan fingerprint density at radius 3 is 2.24 bits per heavy atom. The standard InChI is InChI=1S/C25H31N5O3/c1-2-29-21-5-3-4-6-22(21)30(25(29)33)17-23(31)27-20-9-7-18(8-10-20)11-14-28-15-12-19(13-16-28)24(26)32/h3-10,19H,2,11-17H2,1H3,(H2,26,32)(H,27,31). The number of nitrogens with one attached hydrogen (secondary N) is 1. The zero-order chi connectivity index (χ0) is 23.4. The number of imidazole rings is 1. The number of amides is 2. The number of carbonyl (C=O) groups is 2. The average Bonchev–Trinajstić information content (AvgIpc) is 3.09. The number of para-hydroxylation sites is 2. The highest BCUT2D eigenvalue weighted by molar-refractivity contribution is 5.91. The molecule has 0 unspecified atom stereocenters. The van der Waals surface area contributed by atoms with Gasteiger partial charge in [0, 0.05) is 24.7 Å². The Labute approximate surface area is 193 Å². The summed E-state index contributed by atoms with van der Waals surface area (Å²) in [5, 5.41) is 2.90. The molecule has 0 radical (unpaired) electrons. The second-order valence-corrected chi connectivity index (χ2v) is 8.62. The second-order valence-electron chi connectivity index (χ2n) is 8.62. The lowest BCUT2D eigenvalue weighted by Gasteiger charge is -2.30. The molecule has 2 heterocycles. The first-order valence-corrected chi connectivity index (χ1v) is 11.5. The zero-order valence-electron chi connectivity index (χ0n) is 19.0. The number of fused-ring (bicyclic) bond motifs is 1. The van der Waals surface area contributed by atoms with Crippen LogP contribution in [0.3, 0.4) is 0 Å². The Morgan fingerprint density at radius 1 is 1.00 bits per heavy atom. The lowest BCUT2D eigenvalue weighted by atomic mass is 9.96. The molecule has 1 aliphatic heterocycles. The van der Waals surface area contributed by atoms with Crippen LogP contribution < -0.4 is 16.7 Å². The van der Waals surface area contributed by atoms with Gasteiger partial charge in [0.1, 0.15) is 6.54 Å². The molecule has 1 aliphatic rings. The van der Waals surface area contributed by atoms with Gasteiger partial charge in [-0.15, -0.1) is 0 Å². The number of piperidine rings is 1. The van der Waals surface area contributed by atoms with Crippen LogP contribution in [0.2, 0.25) is 0 Å². The van der Waals surface area contributed by atoms with Crippen LogP contribution in [0.4, 0.5) is 5.69 Å². The molecule has 1 fully saturated rings. The first-order chi connectivity index (χ1) is 16.0. The molecular formula is C25H31N5O3. The number of aromatic nitrogens is 2. The smallest absolute Gasteiger partial charge is 0.329 e. The van der Waals surface area contributed by atoms with Gasteiger partial charge in [-0.3, -0.25) is 18.7 Å². The van der Waals surface area contributed by atoms with Crippen molar-refractivity contribution in [3.63, 3.8) is 0 Å². The summed E-state index contributed by atoms with van der Waals surface area (Å²) in [6.45, 7) is 5.17. The van der Waals surface area contributed by atoms with E-state index in [1.807, 2.05) is 55.5 Å². The summed E-state index contributed by atoms with van der Waals surface area (Å²) in [4.78, 5) is 39.0. The van der Waals surface area contributed by atoms with Crippen LogP contribution in [0, 0.1) is 5.92 Å². The molecule has 0 saturated carbocycles. The summed E-state index contributed by atoms with van der Waals surface area (Å²) in [5.74, 6) is -0.409. The van der Waals surface area contributed by atoms with E-state index in [0.717, 1.165) is 49.9 Å². The Balaban J connectivity index is 1.32. The number of rotatable bonds is 8. The van der Waals surface area contributed by atoms with Crippen LogP contribution in [0.25, 0.3) is 11.0 Å². The van der Waals surface area contributed by atoms with Crippen molar-refractivity contribution in [1.29, 1.82) is 0 Å². The molecule has 3 aromatic rings. The van der Waals surface area contributed by atoms with Crippen molar-refractivity contribution >= 4 is 28.5 Å². The van der Waals surface area contributed by atoms with Crippen molar-refractivity contribution in [3.8, 4) is 0 Å². The van der Waals surface area contributed by atoms with Gasteiger partial charge in [-0.1, -0.05) is 24.3 Å². The maximum absolute atomic E-state index is 12.7. The van der Waals surface area contributed by atoms with Gasteiger partial charge in [-0.2, -0.15) is 0 Å². The Morgan fingerprint density at radius 2 is 1.64 bits per heavy atom. The minimum atomic E-state index is -0.235. The molecule has 1 saturated heterocycles. The number of anilines is 1. The van der Waals surface area contributed by atoms with E-state index in [-0.39, 0.29) is 30.0 Å². The molecule has 33 heavy (non-hydrogen) atoms. The molecule has 0 aliphatic carbocycles. The van der Waals surface area contributed by atoms with Gasteiger partial charge >= 0.3 is 5.69 Å². The van der Waals surface area contributed by atoms with Crippen LogP contribution in [0.15, 0.2) is 53.3 Å². The van der Waals surface area contributed by atoms with Crippen molar-refractivity contribution < 1.29 is 9.59 Å². The lowest BCUT2D eigenvalue weighted by Crippen LogP contribution is -2.39. The molecule has 4 rings (SSSR count). The third-order valence-electron chi connectivity index (χ3n) is 6.49. The van der Waals surface area contributed by atoms with Crippen LogP contribution in [0.1, 0.15) is 25.3 Å². The van der Waals surface area contributed by atoms with Crippen molar-refractivity contribution in [2.24, 2.45) is 11.7 Å². The Kier molecular flexibility index (Phi) is 6.93. The number of aryl methyl sites for hydroxylation is 1. The SMILES string of the molecule is CCn1c(=O)n(CC(=O)Nc2ccc(CCN3CCC(C(N)=O)CC3)cc2)c2ccccc21. The molecule has 3 N–H and O–H groups in total. The molecule has 8 nitrogen and oxygen atoms in total. The van der Waals surface area contributed by atoms with Gasteiger partial charge in [0.2, 0.25) is 11.8 Å². The minimum Gasteiger partial charge on any atom is -0.369 e. The minimum absolute atomic E-state index is 0.0125. The van der Waals surface area contributed by atoms with Gasteiger partial charge in [-0.25, -0.2) is 4.79 Å². The quantitative estimate of drug-likeness (QED) is 0.550. The highest BCUT2D eigenvalue weighted by Gasteiger charge is 2.22. The fraction of sp³-hybridized carbons (Fsp3) is 0.400. The van der Waals surface area contributed by atoms with E-state index in [2.05, 4.69) is 10.2 Å². The van der Waals surface area contributed by atoms with Crippen LogP contribution in [-0.4, -0.2) is 45.5 Å². The van der Waals surface area contributed by atoms with Gasteiger partial charge < -0.3 is 16.0 Å². The highest BCUT2D eigenvalue weighted by atomic mass is 16.2. The average molecular weight is 450 g/mol. The van der Waals surface area contributed by atoms with E-state index in [9.17, 15) is 14.4 Å². The normalized spacial score (nSPS) is 15.1. The molecule has 2 amide bonds. The summed E-state index contributed by atoms with van der Waals surface area (Å²) < 4.78 is 3.19. The molecular weight excluding hydrogens is 418 g/mol. The van der Waals surface area contributed by atoms with Crippen molar-refractivity contribution in [2.75, 3.05) is 25.0 Å². The number of hydrogen-bond acceptors (Lipinski definition) is 4. The van der Waals surface area contributed by atoms with Gasteiger partial charge in [0.25, 0.3) is 0 Å². The summed E-state index contributed by atoms with van der Waals surface area (Å²) >= 11 is 0. The van der Waals surface area contributed by atoms with Crippen LogP contribution in [-0.2, 0) is 29.1 Å². The third kappa shape index (κ3) is 5.17.